The summed E-state index contributed by atoms with van der Waals surface area (Å²) in [6.45, 7) is 0.403. The molecular weight excluding hydrogens is 397 g/mol. The van der Waals surface area contributed by atoms with Crippen LogP contribution in [0.3, 0.4) is 0 Å². The Morgan fingerprint density at radius 1 is 1.06 bits per heavy atom. The molecule has 1 amide bonds. The first kappa shape index (κ1) is 20.5. The van der Waals surface area contributed by atoms with Crippen molar-refractivity contribution in [1.29, 1.82) is 0 Å². The summed E-state index contributed by atoms with van der Waals surface area (Å²) in [6.07, 6.45) is 2.37. The quantitative estimate of drug-likeness (QED) is 0.298. The van der Waals surface area contributed by atoms with Gasteiger partial charge < -0.3 is 5.32 Å². The van der Waals surface area contributed by atoms with E-state index in [0.717, 1.165) is 22.0 Å². The summed E-state index contributed by atoms with van der Waals surface area (Å²) in [5.74, 6) is -0.789. The van der Waals surface area contributed by atoms with E-state index < -0.39 is 5.91 Å². The van der Waals surface area contributed by atoms with E-state index in [0.29, 0.717) is 18.7 Å². The predicted molar refractivity (Wildman–Crippen MR) is 115 cm³/mol. The topological polar surface area (TPSA) is 92.1 Å². The maximum atomic E-state index is 13.0. The van der Waals surface area contributed by atoms with Crippen LogP contribution in [0.15, 0.2) is 72.9 Å². The van der Waals surface area contributed by atoms with Crippen molar-refractivity contribution < 1.29 is 14.4 Å². The first-order chi connectivity index (χ1) is 15.1. The van der Waals surface area contributed by atoms with Crippen LogP contribution in [0.5, 0.6) is 0 Å². The van der Waals surface area contributed by atoms with Crippen LogP contribution in [0.25, 0.3) is 10.8 Å². The summed E-state index contributed by atoms with van der Waals surface area (Å²) in [7, 11) is 0. The molecule has 8 heteroatoms. The monoisotopic (exact) mass is 419 g/mol. The molecule has 0 bridgehead atoms. The molecule has 7 nitrogen and oxygen atoms in total. The van der Waals surface area contributed by atoms with Gasteiger partial charge in [0, 0.05) is 5.69 Å². The number of halogens is 1. The molecule has 0 aliphatic heterocycles. The number of aromatic nitrogens is 3. The zero-order chi connectivity index (χ0) is 21.6. The van der Waals surface area contributed by atoms with Crippen molar-refractivity contribution >= 4 is 22.4 Å². The smallest absolute Gasteiger partial charge is 0.245 e. The predicted octanol–water partition coefficient (Wildman–Crippen LogP) is 3.86. The van der Waals surface area contributed by atoms with Crippen molar-refractivity contribution in [2.45, 2.75) is 25.4 Å². The van der Waals surface area contributed by atoms with Gasteiger partial charge >= 0.3 is 0 Å². The fraction of sp³-hybridized carbons (Fsp3) is 0.174. The normalized spacial score (nSPS) is 11.9. The molecule has 1 aromatic heterocycles. The number of hydroxylamine groups is 1. The standard InChI is InChI=1S/C23H22FN5O2/c24-19-7-9-20(10-8-19)25-14-21-15-29(28-26-21)22(13-23(30)27-31)12-16-5-6-17-3-1-2-4-18(17)11-16/h1-11,15,22,25,31H,12-14H2,(H,27,30)/t22-/m1/s1. The molecular formula is C23H22FN5O2. The van der Waals surface area contributed by atoms with Gasteiger partial charge in [0.25, 0.3) is 0 Å². The fourth-order valence-electron chi connectivity index (χ4n) is 3.49. The number of carbonyl (C=O) groups excluding carboxylic acids is 1. The third-order valence-corrected chi connectivity index (χ3v) is 5.08. The minimum absolute atomic E-state index is 0.0531. The van der Waals surface area contributed by atoms with Crippen molar-refractivity contribution in [3.8, 4) is 0 Å². The Labute approximate surface area is 178 Å². The Kier molecular flexibility index (Phi) is 6.18. The van der Waals surface area contributed by atoms with Gasteiger partial charge in [0.05, 0.1) is 25.2 Å². The molecule has 3 N–H and O–H groups in total. The second-order valence-corrected chi connectivity index (χ2v) is 7.33. The van der Waals surface area contributed by atoms with Crippen molar-refractivity contribution in [2.24, 2.45) is 0 Å². The van der Waals surface area contributed by atoms with Crippen LogP contribution in [0, 0.1) is 5.82 Å². The molecule has 0 aliphatic rings. The summed E-state index contributed by atoms with van der Waals surface area (Å²) in [6, 6.07) is 20.0. The molecule has 4 aromatic rings. The minimum atomic E-state index is -0.493. The third kappa shape index (κ3) is 5.23. The second kappa shape index (κ2) is 9.36. The van der Waals surface area contributed by atoms with Crippen molar-refractivity contribution in [2.75, 3.05) is 5.32 Å². The van der Waals surface area contributed by atoms with Crippen LogP contribution >= 0.6 is 0 Å². The van der Waals surface area contributed by atoms with Gasteiger partial charge in [-0.2, -0.15) is 0 Å². The summed E-state index contributed by atoms with van der Waals surface area (Å²) >= 11 is 0. The minimum Gasteiger partial charge on any atom is -0.379 e. The zero-order valence-electron chi connectivity index (χ0n) is 16.7. The Balaban J connectivity index is 1.50. The summed E-state index contributed by atoms with van der Waals surface area (Å²) in [5, 5.41) is 22.8. The molecule has 0 radical (unpaired) electrons. The largest absolute Gasteiger partial charge is 0.379 e. The van der Waals surface area contributed by atoms with Gasteiger partial charge in [0.2, 0.25) is 5.91 Å². The fourth-order valence-corrected chi connectivity index (χ4v) is 3.49. The van der Waals surface area contributed by atoms with Crippen LogP contribution in [-0.2, 0) is 17.8 Å². The number of anilines is 1. The highest BCUT2D eigenvalue weighted by Gasteiger charge is 2.18. The van der Waals surface area contributed by atoms with Gasteiger partial charge in [-0.1, -0.05) is 47.7 Å². The zero-order valence-corrected chi connectivity index (χ0v) is 16.7. The average molecular weight is 419 g/mol. The number of nitrogens with zero attached hydrogens (tertiary/aromatic N) is 3. The lowest BCUT2D eigenvalue weighted by Gasteiger charge is -2.16. The summed E-state index contributed by atoms with van der Waals surface area (Å²) in [5.41, 5.74) is 4.19. The van der Waals surface area contributed by atoms with Gasteiger partial charge in [-0.15, -0.1) is 5.10 Å². The molecule has 0 spiro atoms. The van der Waals surface area contributed by atoms with Crippen molar-refractivity contribution in [1.82, 2.24) is 20.5 Å². The Hall–Kier alpha value is -3.78. The summed E-state index contributed by atoms with van der Waals surface area (Å²) in [4.78, 5) is 11.9. The highest BCUT2D eigenvalue weighted by atomic mass is 19.1. The van der Waals surface area contributed by atoms with Gasteiger partial charge in [0.15, 0.2) is 0 Å². The van der Waals surface area contributed by atoms with Gasteiger partial charge in [-0.3, -0.25) is 10.0 Å². The lowest BCUT2D eigenvalue weighted by Crippen LogP contribution is -2.25. The van der Waals surface area contributed by atoms with E-state index in [1.807, 2.05) is 36.4 Å². The molecule has 1 atom stereocenters. The van der Waals surface area contributed by atoms with Crippen LogP contribution in [-0.4, -0.2) is 26.1 Å². The molecule has 4 rings (SSSR count). The number of rotatable bonds is 8. The van der Waals surface area contributed by atoms with E-state index in [1.54, 1.807) is 28.5 Å². The van der Waals surface area contributed by atoms with Crippen LogP contribution in [0.1, 0.15) is 23.7 Å². The van der Waals surface area contributed by atoms with Crippen molar-refractivity contribution in [3.63, 3.8) is 0 Å². The van der Waals surface area contributed by atoms with Crippen LogP contribution in [0.2, 0.25) is 0 Å². The molecule has 0 saturated carbocycles. The van der Waals surface area contributed by atoms with Gasteiger partial charge in [-0.25, -0.2) is 14.6 Å². The average Bonchev–Trinajstić information content (AvgIpc) is 3.27. The Morgan fingerprint density at radius 3 is 2.61 bits per heavy atom. The lowest BCUT2D eigenvalue weighted by atomic mass is 10.00. The number of fused-ring (bicyclic) bond motifs is 1. The number of carbonyl (C=O) groups is 1. The number of amides is 1. The van der Waals surface area contributed by atoms with E-state index in [2.05, 4.69) is 21.7 Å². The number of benzene rings is 3. The molecule has 31 heavy (non-hydrogen) atoms. The first-order valence-corrected chi connectivity index (χ1v) is 9.91. The number of hydrogen-bond acceptors (Lipinski definition) is 5. The van der Waals surface area contributed by atoms with Gasteiger partial charge in [-0.05, 0) is 47.0 Å². The SMILES string of the molecule is O=C(C[C@@H](Cc1ccc2ccccc2c1)n1cc(CNc2ccc(F)cc2)nn1)NO. The van der Waals surface area contributed by atoms with Gasteiger partial charge in [0.1, 0.15) is 11.5 Å². The Morgan fingerprint density at radius 2 is 1.84 bits per heavy atom. The molecule has 0 saturated heterocycles. The third-order valence-electron chi connectivity index (χ3n) is 5.08. The van der Waals surface area contributed by atoms with E-state index in [-0.39, 0.29) is 18.3 Å². The maximum Gasteiger partial charge on any atom is 0.245 e. The maximum absolute atomic E-state index is 13.0. The molecule has 0 fully saturated rings. The lowest BCUT2D eigenvalue weighted by molar-refractivity contribution is -0.130. The second-order valence-electron chi connectivity index (χ2n) is 7.33. The number of hydrogen-bond donors (Lipinski definition) is 3. The van der Waals surface area contributed by atoms with E-state index in [1.165, 1.54) is 12.1 Å². The highest BCUT2D eigenvalue weighted by Crippen LogP contribution is 2.22. The molecule has 158 valence electrons. The van der Waals surface area contributed by atoms with Crippen LogP contribution < -0.4 is 10.8 Å². The van der Waals surface area contributed by atoms with E-state index in [4.69, 9.17) is 5.21 Å². The van der Waals surface area contributed by atoms with E-state index in [9.17, 15) is 9.18 Å². The molecule has 0 unspecified atom stereocenters. The number of nitrogens with one attached hydrogen (secondary N) is 2. The Bertz CT molecular complexity index is 1180. The first-order valence-electron chi connectivity index (χ1n) is 9.91. The van der Waals surface area contributed by atoms with Crippen molar-refractivity contribution in [3.05, 3.63) is 90.0 Å². The van der Waals surface area contributed by atoms with E-state index >= 15 is 0 Å². The molecule has 3 aromatic carbocycles. The molecule has 0 aliphatic carbocycles. The highest BCUT2D eigenvalue weighted by molar-refractivity contribution is 5.83. The summed E-state index contributed by atoms with van der Waals surface area (Å²) < 4.78 is 14.7. The molecule has 1 heterocycles. The van der Waals surface area contributed by atoms with Crippen LogP contribution in [0.4, 0.5) is 10.1 Å².